The summed E-state index contributed by atoms with van der Waals surface area (Å²) in [6.07, 6.45) is 1.33. The number of para-hydroxylation sites is 2. The largest absolute Gasteiger partial charge is 0.496 e. The molecule has 0 aliphatic rings. The van der Waals surface area contributed by atoms with Crippen LogP contribution in [0.2, 0.25) is 0 Å². The second-order valence-electron chi connectivity index (χ2n) is 7.42. The van der Waals surface area contributed by atoms with Crippen molar-refractivity contribution >= 4 is 29.7 Å². The van der Waals surface area contributed by atoms with Gasteiger partial charge in [0.1, 0.15) is 11.3 Å². The molecular formula is C26H25N3O6. The van der Waals surface area contributed by atoms with Gasteiger partial charge in [0.25, 0.3) is 0 Å². The Bertz CT molecular complexity index is 1270. The Hall–Kier alpha value is -4.66. The predicted molar refractivity (Wildman–Crippen MR) is 131 cm³/mol. The molecule has 0 saturated carbocycles. The molecule has 0 saturated heterocycles. The van der Waals surface area contributed by atoms with E-state index in [4.69, 9.17) is 14.2 Å². The van der Waals surface area contributed by atoms with Crippen molar-refractivity contribution in [2.75, 3.05) is 19.5 Å². The molecule has 3 rings (SSSR count). The molecule has 0 spiro atoms. The fraction of sp³-hybridized carbons (Fsp3) is 0.154. The zero-order valence-electron chi connectivity index (χ0n) is 19.7. The van der Waals surface area contributed by atoms with Crippen molar-refractivity contribution in [2.45, 2.75) is 13.8 Å². The van der Waals surface area contributed by atoms with Gasteiger partial charge in [0.15, 0.2) is 11.5 Å². The third-order valence-electron chi connectivity index (χ3n) is 5.02. The van der Waals surface area contributed by atoms with Crippen LogP contribution in [0, 0.1) is 13.8 Å². The van der Waals surface area contributed by atoms with E-state index in [1.807, 2.05) is 32.0 Å². The van der Waals surface area contributed by atoms with Crippen molar-refractivity contribution in [3.8, 4) is 17.2 Å². The number of amides is 2. The van der Waals surface area contributed by atoms with E-state index in [1.54, 1.807) is 36.4 Å². The van der Waals surface area contributed by atoms with Crippen LogP contribution in [-0.2, 0) is 9.59 Å². The van der Waals surface area contributed by atoms with Crippen LogP contribution in [0.3, 0.4) is 0 Å². The number of aryl methyl sites for hydroxylation is 2. The Morgan fingerprint density at radius 2 is 1.49 bits per heavy atom. The summed E-state index contributed by atoms with van der Waals surface area (Å²) in [5.41, 5.74) is 5.26. The van der Waals surface area contributed by atoms with Gasteiger partial charge in [-0.3, -0.25) is 9.59 Å². The van der Waals surface area contributed by atoms with E-state index in [-0.39, 0.29) is 17.1 Å². The summed E-state index contributed by atoms with van der Waals surface area (Å²) in [6.45, 7) is 3.67. The third kappa shape index (κ3) is 6.23. The van der Waals surface area contributed by atoms with Crippen LogP contribution in [0.15, 0.2) is 65.8 Å². The number of hydrogen-bond acceptors (Lipinski definition) is 7. The van der Waals surface area contributed by atoms with Gasteiger partial charge in [-0.1, -0.05) is 30.3 Å². The van der Waals surface area contributed by atoms with Gasteiger partial charge in [-0.05, 0) is 60.9 Å². The molecule has 0 aromatic heterocycles. The fourth-order valence-electron chi connectivity index (χ4n) is 3.22. The van der Waals surface area contributed by atoms with Gasteiger partial charge >= 0.3 is 17.8 Å². The van der Waals surface area contributed by atoms with Crippen LogP contribution in [0.1, 0.15) is 27.0 Å². The van der Waals surface area contributed by atoms with Crippen molar-refractivity contribution in [2.24, 2.45) is 5.10 Å². The Balaban J connectivity index is 1.64. The molecule has 3 aromatic rings. The number of esters is 1. The summed E-state index contributed by atoms with van der Waals surface area (Å²) in [7, 11) is 2.89. The van der Waals surface area contributed by atoms with Gasteiger partial charge < -0.3 is 19.5 Å². The molecule has 0 heterocycles. The van der Waals surface area contributed by atoms with Crippen molar-refractivity contribution in [3.05, 3.63) is 82.9 Å². The lowest BCUT2D eigenvalue weighted by Gasteiger charge is -2.11. The average Bonchev–Trinajstić information content (AvgIpc) is 2.86. The molecule has 0 aliphatic heterocycles. The highest BCUT2D eigenvalue weighted by atomic mass is 16.6. The summed E-state index contributed by atoms with van der Waals surface area (Å²) in [5.74, 6) is -1.51. The number of methoxy groups -OCH3 is 2. The number of anilines is 1. The number of rotatable bonds is 7. The molecule has 0 bridgehead atoms. The van der Waals surface area contributed by atoms with Crippen molar-refractivity contribution < 1.29 is 28.6 Å². The number of benzene rings is 3. The lowest BCUT2D eigenvalue weighted by molar-refractivity contribution is -0.136. The first-order valence-electron chi connectivity index (χ1n) is 10.6. The van der Waals surface area contributed by atoms with E-state index >= 15 is 0 Å². The van der Waals surface area contributed by atoms with Gasteiger partial charge in [-0.15, -0.1) is 0 Å². The van der Waals surface area contributed by atoms with Crippen LogP contribution in [-0.4, -0.2) is 38.2 Å². The zero-order chi connectivity index (χ0) is 25.4. The Morgan fingerprint density at radius 3 is 2.17 bits per heavy atom. The predicted octanol–water partition coefficient (Wildman–Crippen LogP) is 3.63. The number of carbonyl (C=O) groups excluding carboxylic acids is 3. The van der Waals surface area contributed by atoms with E-state index in [0.29, 0.717) is 17.0 Å². The maximum Gasteiger partial charge on any atom is 0.347 e. The molecule has 0 radical (unpaired) electrons. The monoisotopic (exact) mass is 475 g/mol. The number of hydrazone groups is 1. The first kappa shape index (κ1) is 25.0. The molecule has 9 heteroatoms. The number of hydrogen-bond donors (Lipinski definition) is 2. The second-order valence-corrected chi connectivity index (χ2v) is 7.42. The van der Waals surface area contributed by atoms with Crippen LogP contribution < -0.4 is 25.0 Å². The van der Waals surface area contributed by atoms with Crippen LogP contribution in [0.4, 0.5) is 5.69 Å². The van der Waals surface area contributed by atoms with Gasteiger partial charge in [0, 0.05) is 5.69 Å². The number of nitrogens with one attached hydrogen (secondary N) is 2. The highest BCUT2D eigenvalue weighted by Crippen LogP contribution is 2.29. The van der Waals surface area contributed by atoms with Crippen molar-refractivity contribution in [3.63, 3.8) is 0 Å². The number of ether oxygens (including phenoxy) is 3. The van der Waals surface area contributed by atoms with E-state index < -0.39 is 17.8 Å². The van der Waals surface area contributed by atoms with E-state index in [0.717, 1.165) is 11.1 Å². The lowest BCUT2D eigenvalue weighted by Crippen LogP contribution is -2.32. The molecule has 35 heavy (non-hydrogen) atoms. The first-order chi connectivity index (χ1) is 16.8. The Labute approximate surface area is 202 Å². The third-order valence-corrected chi connectivity index (χ3v) is 5.02. The molecule has 180 valence electrons. The number of carbonyl (C=O) groups is 3. The first-order valence-corrected chi connectivity index (χ1v) is 10.6. The molecule has 2 amide bonds. The van der Waals surface area contributed by atoms with Crippen molar-refractivity contribution in [1.29, 1.82) is 0 Å². The molecular weight excluding hydrogens is 450 g/mol. The van der Waals surface area contributed by atoms with E-state index in [9.17, 15) is 14.4 Å². The Morgan fingerprint density at radius 1 is 0.800 bits per heavy atom. The smallest absolute Gasteiger partial charge is 0.347 e. The molecule has 2 N–H and O–H groups in total. The van der Waals surface area contributed by atoms with Gasteiger partial charge in [-0.2, -0.15) is 5.10 Å². The molecule has 3 aromatic carbocycles. The topological polar surface area (TPSA) is 115 Å². The molecule has 0 aliphatic carbocycles. The minimum Gasteiger partial charge on any atom is -0.496 e. The fourth-order valence-corrected chi connectivity index (χ4v) is 3.22. The number of nitrogens with zero attached hydrogens (tertiary/aromatic N) is 1. The van der Waals surface area contributed by atoms with Crippen LogP contribution >= 0.6 is 0 Å². The summed E-state index contributed by atoms with van der Waals surface area (Å²) < 4.78 is 16.0. The quantitative estimate of drug-likeness (QED) is 0.177. The maximum atomic E-state index is 12.6. The van der Waals surface area contributed by atoms with Crippen LogP contribution in [0.5, 0.6) is 17.2 Å². The second kappa shape index (κ2) is 11.5. The van der Waals surface area contributed by atoms with Gasteiger partial charge in [0.05, 0.1) is 20.4 Å². The van der Waals surface area contributed by atoms with Gasteiger partial charge in [-0.25, -0.2) is 10.2 Å². The molecule has 0 atom stereocenters. The molecule has 0 unspecified atom stereocenters. The SMILES string of the molecule is COc1cc(/C=N/NC(=O)C(=O)Nc2c(C)cccc2C)ccc1OC(=O)c1ccccc1OC. The van der Waals surface area contributed by atoms with E-state index in [2.05, 4.69) is 15.8 Å². The van der Waals surface area contributed by atoms with Crippen LogP contribution in [0.25, 0.3) is 0 Å². The average molecular weight is 476 g/mol. The van der Waals surface area contributed by atoms with Crippen molar-refractivity contribution in [1.82, 2.24) is 5.43 Å². The minimum atomic E-state index is -0.918. The summed E-state index contributed by atoms with van der Waals surface area (Å²) in [4.78, 5) is 36.9. The summed E-state index contributed by atoms with van der Waals surface area (Å²) in [5, 5.41) is 6.41. The minimum absolute atomic E-state index is 0.192. The summed E-state index contributed by atoms with van der Waals surface area (Å²) >= 11 is 0. The lowest BCUT2D eigenvalue weighted by atomic mass is 10.1. The maximum absolute atomic E-state index is 12.6. The summed E-state index contributed by atoms with van der Waals surface area (Å²) in [6, 6.07) is 16.9. The van der Waals surface area contributed by atoms with Gasteiger partial charge in [0.2, 0.25) is 0 Å². The highest BCUT2D eigenvalue weighted by Gasteiger charge is 2.17. The normalized spacial score (nSPS) is 10.5. The Kier molecular flexibility index (Phi) is 8.18. The zero-order valence-corrected chi connectivity index (χ0v) is 19.7. The highest BCUT2D eigenvalue weighted by molar-refractivity contribution is 6.39. The standard InChI is InChI=1S/C26H25N3O6/c1-16-8-7-9-17(2)23(16)28-24(30)25(31)29-27-15-18-12-13-21(22(14-18)34-4)35-26(32)19-10-5-6-11-20(19)33-3/h5-15H,1-4H3,(H,28,30)(H,29,31)/b27-15+. The van der Waals surface area contributed by atoms with E-state index in [1.165, 1.54) is 26.5 Å². The molecule has 9 nitrogen and oxygen atoms in total. The molecule has 0 fully saturated rings.